The largest absolute Gasteiger partial charge is 0.376 e. The van der Waals surface area contributed by atoms with Crippen molar-refractivity contribution in [1.82, 2.24) is 4.90 Å². The molecule has 0 amide bonds. The van der Waals surface area contributed by atoms with E-state index in [9.17, 15) is 8.78 Å². The lowest BCUT2D eigenvalue weighted by molar-refractivity contribution is 0.449. The van der Waals surface area contributed by atoms with Crippen LogP contribution >= 0.6 is 12.2 Å². The van der Waals surface area contributed by atoms with Crippen LogP contribution in [0.3, 0.4) is 0 Å². The number of thiocarbonyl (C=S) groups is 1. The Morgan fingerprint density at radius 1 is 1.35 bits per heavy atom. The number of nitrogens with zero attached hydrogens (tertiary/aromatic N) is 1. The Morgan fingerprint density at radius 3 is 2.53 bits per heavy atom. The highest BCUT2D eigenvalue weighted by atomic mass is 32.1. The highest BCUT2D eigenvalue weighted by molar-refractivity contribution is 7.80. The number of fused-ring (bicyclic) bond motifs is 1. The Balaban J connectivity index is 1.93. The summed E-state index contributed by atoms with van der Waals surface area (Å²) in [4.78, 5) is 1.91. The zero-order valence-electron chi connectivity index (χ0n) is 9.12. The average Bonchev–Trinajstić information content (AvgIpc) is 2.80. The molecule has 2 fully saturated rings. The van der Waals surface area contributed by atoms with Crippen LogP contribution in [0.5, 0.6) is 0 Å². The summed E-state index contributed by atoms with van der Waals surface area (Å²) in [5, 5.41) is 0.369. The topological polar surface area (TPSA) is 29.3 Å². The first-order valence-corrected chi connectivity index (χ1v) is 5.93. The molecule has 2 unspecified atom stereocenters. The van der Waals surface area contributed by atoms with E-state index in [0.29, 0.717) is 17.6 Å². The maximum atomic E-state index is 13.2. The summed E-state index contributed by atoms with van der Waals surface area (Å²) in [7, 11) is 0. The van der Waals surface area contributed by atoms with E-state index in [1.165, 1.54) is 12.1 Å². The highest BCUT2D eigenvalue weighted by Crippen LogP contribution is 2.59. The van der Waals surface area contributed by atoms with Gasteiger partial charge in [-0.05, 0) is 42.3 Å². The number of nitrogens with two attached hydrogens (primary N) is 1. The third-order valence-electron chi connectivity index (χ3n) is 3.89. The number of rotatable bonds is 1. The third-order valence-corrected chi connectivity index (χ3v) is 4.15. The molecule has 1 heterocycles. The first kappa shape index (κ1) is 10.9. The summed E-state index contributed by atoms with van der Waals surface area (Å²) in [5.74, 6) is -0.618. The molecule has 0 radical (unpaired) electrons. The first-order chi connectivity index (χ1) is 8.01. The molecule has 1 aromatic carbocycles. The minimum Gasteiger partial charge on any atom is -0.376 e. The fourth-order valence-electron chi connectivity index (χ4n) is 2.94. The molecule has 90 valence electrons. The van der Waals surface area contributed by atoms with Gasteiger partial charge in [-0.1, -0.05) is 0 Å². The van der Waals surface area contributed by atoms with E-state index in [1.807, 2.05) is 4.90 Å². The zero-order chi connectivity index (χ0) is 12.2. The van der Waals surface area contributed by atoms with E-state index in [4.69, 9.17) is 18.0 Å². The summed E-state index contributed by atoms with van der Waals surface area (Å²) >= 11 is 4.94. The molecule has 5 heteroatoms. The average molecular weight is 254 g/mol. The molecule has 2 N–H and O–H groups in total. The number of likely N-dealkylation sites (tertiary alicyclic amines) is 1. The Morgan fingerprint density at radius 2 is 2.00 bits per heavy atom. The fraction of sp³-hybridized carbons (Fsp3) is 0.417. The lowest BCUT2D eigenvalue weighted by Gasteiger charge is -2.21. The van der Waals surface area contributed by atoms with Gasteiger partial charge in [0, 0.05) is 24.6 Å². The van der Waals surface area contributed by atoms with Crippen molar-refractivity contribution in [2.45, 2.75) is 11.8 Å². The van der Waals surface area contributed by atoms with Gasteiger partial charge >= 0.3 is 0 Å². The van der Waals surface area contributed by atoms with Crippen LogP contribution < -0.4 is 5.73 Å². The van der Waals surface area contributed by atoms with Crippen molar-refractivity contribution in [1.29, 1.82) is 0 Å². The second kappa shape index (κ2) is 3.38. The van der Waals surface area contributed by atoms with E-state index >= 15 is 0 Å². The molecule has 1 aliphatic carbocycles. The SMILES string of the molecule is NC(=S)N1CC2CC2(c2cc(F)cc(F)c2)C1. The van der Waals surface area contributed by atoms with E-state index in [-0.39, 0.29) is 5.41 Å². The second-order valence-electron chi connectivity index (χ2n) is 4.93. The van der Waals surface area contributed by atoms with Crippen molar-refractivity contribution in [2.75, 3.05) is 13.1 Å². The quantitative estimate of drug-likeness (QED) is 0.775. The Labute approximate surface area is 103 Å². The van der Waals surface area contributed by atoms with E-state index in [1.54, 1.807) is 0 Å². The van der Waals surface area contributed by atoms with Crippen LogP contribution in [0.4, 0.5) is 8.78 Å². The van der Waals surface area contributed by atoms with Crippen LogP contribution in [-0.4, -0.2) is 23.1 Å². The maximum Gasteiger partial charge on any atom is 0.166 e. The van der Waals surface area contributed by atoms with Crippen LogP contribution in [0.1, 0.15) is 12.0 Å². The smallest absolute Gasteiger partial charge is 0.166 e. The summed E-state index contributed by atoms with van der Waals surface area (Å²) in [6, 6.07) is 3.75. The molecule has 2 nitrogen and oxygen atoms in total. The standard InChI is InChI=1S/C12H12F2N2S/c13-9-1-7(2-10(14)3-9)12-4-8(12)5-16(6-12)11(15)17/h1-3,8H,4-6H2,(H2,15,17). The van der Waals surface area contributed by atoms with Crippen LogP contribution in [0.15, 0.2) is 18.2 Å². The van der Waals surface area contributed by atoms with Crippen molar-refractivity contribution in [2.24, 2.45) is 11.7 Å². The van der Waals surface area contributed by atoms with Gasteiger partial charge in [0.15, 0.2) is 5.11 Å². The van der Waals surface area contributed by atoms with Gasteiger partial charge in [-0.25, -0.2) is 8.78 Å². The molecule has 0 aromatic heterocycles. The van der Waals surface area contributed by atoms with Gasteiger partial charge in [-0.3, -0.25) is 0 Å². The Hall–Kier alpha value is -1.23. The summed E-state index contributed by atoms with van der Waals surface area (Å²) in [6.45, 7) is 1.48. The minimum absolute atomic E-state index is 0.133. The first-order valence-electron chi connectivity index (χ1n) is 5.52. The summed E-state index contributed by atoms with van der Waals surface area (Å²) < 4.78 is 26.4. The molecule has 0 bridgehead atoms. The van der Waals surface area contributed by atoms with Crippen molar-refractivity contribution in [3.05, 3.63) is 35.4 Å². The summed E-state index contributed by atoms with van der Waals surface area (Å²) in [5.41, 5.74) is 6.19. The van der Waals surface area contributed by atoms with Crippen molar-refractivity contribution >= 4 is 17.3 Å². The van der Waals surface area contributed by atoms with Gasteiger partial charge in [0.05, 0.1) is 0 Å². The zero-order valence-corrected chi connectivity index (χ0v) is 9.94. The van der Waals surface area contributed by atoms with Gasteiger partial charge in [0.2, 0.25) is 0 Å². The molecular weight excluding hydrogens is 242 g/mol. The maximum absolute atomic E-state index is 13.2. The lowest BCUT2D eigenvalue weighted by atomic mass is 9.95. The summed E-state index contributed by atoms with van der Waals surface area (Å²) in [6.07, 6.45) is 0.967. The number of hydrogen-bond donors (Lipinski definition) is 1. The molecule has 1 aromatic rings. The fourth-order valence-corrected chi connectivity index (χ4v) is 3.08. The molecule has 0 spiro atoms. The number of hydrogen-bond acceptors (Lipinski definition) is 1. The lowest BCUT2D eigenvalue weighted by Crippen LogP contribution is -2.36. The third kappa shape index (κ3) is 1.60. The van der Waals surface area contributed by atoms with Crippen molar-refractivity contribution in [3.63, 3.8) is 0 Å². The van der Waals surface area contributed by atoms with Crippen LogP contribution in [0, 0.1) is 17.6 Å². The molecule has 3 rings (SSSR count). The van der Waals surface area contributed by atoms with E-state index in [2.05, 4.69) is 0 Å². The van der Waals surface area contributed by atoms with E-state index in [0.717, 1.165) is 24.6 Å². The van der Waals surface area contributed by atoms with Gasteiger partial charge in [-0.15, -0.1) is 0 Å². The predicted molar refractivity (Wildman–Crippen MR) is 64.5 cm³/mol. The molecule has 1 saturated heterocycles. The number of benzene rings is 1. The van der Waals surface area contributed by atoms with Gasteiger partial charge in [-0.2, -0.15) is 0 Å². The van der Waals surface area contributed by atoms with Crippen molar-refractivity contribution in [3.8, 4) is 0 Å². The molecule has 2 atom stereocenters. The normalized spacial score (nSPS) is 30.2. The molecule has 1 aliphatic heterocycles. The van der Waals surface area contributed by atoms with Crippen LogP contribution in [0.2, 0.25) is 0 Å². The molecule has 17 heavy (non-hydrogen) atoms. The Kier molecular flexibility index (Phi) is 2.17. The van der Waals surface area contributed by atoms with Crippen LogP contribution in [-0.2, 0) is 5.41 Å². The Bertz CT molecular complexity index is 485. The van der Waals surface area contributed by atoms with E-state index < -0.39 is 11.6 Å². The number of piperidine rings is 1. The molecule has 2 aliphatic rings. The monoisotopic (exact) mass is 254 g/mol. The van der Waals surface area contributed by atoms with Gasteiger partial charge in [0.25, 0.3) is 0 Å². The predicted octanol–water partition coefficient (Wildman–Crippen LogP) is 1.78. The molecular formula is C12H12F2N2S. The van der Waals surface area contributed by atoms with Gasteiger partial charge < -0.3 is 10.6 Å². The number of halogens is 2. The second-order valence-corrected chi connectivity index (χ2v) is 5.35. The van der Waals surface area contributed by atoms with Crippen molar-refractivity contribution < 1.29 is 8.78 Å². The molecule has 1 saturated carbocycles. The highest BCUT2D eigenvalue weighted by Gasteiger charge is 2.61. The van der Waals surface area contributed by atoms with Crippen LogP contribution in [0.25, 0.3) is 0 Å². The minimum atomic E-state index is -0.520. The van der Waals surface area contributed by atoms with Gasteiger partial charge in [0.1, 0.15) is 11.6 Å².